The van der Waals surface area contributed by atoms with Crippen LogP contribution in [0.3, 0.4) is 0 Å². The van der Waals surface area contributed by atoms with Gasteiger partial charge in [-0.15, -0.1) is 12.4 Å². The Hall–Kier alpha value is -1.46. The van der Waals surface area contributed by atoms with Crippen LogP contribution in [0.4, 0.5) is 0 Å². The molecule has 1 aromatic rings. The average molecular weight is 385 g/mol. The van der Waals surface area contributed by atoms with Gasteiger partial charge in [0.2, 0.25) is 5.91 Å². The first-order valence-corrected chi connectivity index (χ1v) is 9.33. The summed E-state index contributed by atoms with van der Waals surface area (Å²) in [5.41, 5.74) is 1.02. The molecule has 1 aliphatic heterocycles. The van der Waals surface area contributed by atoms with Crippen molar-refractivity contribution in [1.29, 1.82) is 0 Å². The summed E-state index contributed by atoms with van der Waals surface area (Å²) < 4.78 is 11.3. The second kappa shape index (κ2) is 11.3. The second-order valence-corrected chi connectivity index (χ2v) is 7.20. The Morgan fingerprint density at radius 2 is 1.92 bits per heavy atom. The van der Waals surface area contributed by atoms with E-state index < -0.39 is 0 Å². The number of nitrogens with one attached hydrogen (secondary N) is 2. The Bertz CT molecular complexity index is 560. The van der Waals surface area contributed by atoms with Crippen LogP contribution in [0.1, 0.15) is 51.6 Å². The molecular formula is C20H33ClN2O3. The van der Waals surface area contributed by atoms with Crippen molar-refractivity contribution >= 4 is 18.3 Å². The van der Waals surface area contributed by atoms with Crippen molar-refractivity contribution in [3.63, 3.8) is 0 Å². The topological polar surface area (TPSA) is 59.6 Å². The number of methoxy groups -OCH3 is 1. The predicted octanol–water partition coefficient (Wildman–Crippen LogP) is 3.72. The minimum Gasteiger partial charge on any atom is -0.493 e. The second-order valence-electron chi connectivity index (χ2n) is 7.20. The summed E-state index contributed by atoms with van der Waals surface area (Å²) >= 11 is 0. The largest absolute Gasteiger partial charge is 0.493 e. The molecule has 26 heavy (non-hydrogen) atoms. The first-order chi connectivity index (χ1) is 12.0. The number of ether oxygens (including phenoxy) is 2. The molecule has 1 amide bonds. The molecule has 1 aliphatic rings. The lowest BCUT2D eigenvalue weighted by Crippen LogP contribution is -2.39. The van der Waals surface area contributed by atoms with Crippen molar-refractivity contribution in [1.82, 2.24) is 10.6 Å². The molecule has 0 aliphatic carbocycles. The van der Waals surface area contributed by atoms with Crippen molar-refractivity contribution in [2.24, 2.45) is 11.8 Å². The van der Waals surface area contributed by atoms with Crippen LogP contribution in [0.25, 0.3) is 0 Å². The van der Waals surface area contributed by atoms with Crippen LogP contribution in [0.15, 0.2) is 18.2 Å². The first-order valence-electron chi connectivity index (χ1n) is 9.33. The van der Waals surface area contributed by atoms with Crippen LogP contribution >= 0.6 is 12.4 Å². The third-order valence-electron chi connectivity index (χ3n) is 4.71. The molecule has 2 rings (SSSR count). The fourth-order valence-electron chi connectivity index (χ4n) is 2.98. The third kappa shape index (κ3) is 6.69. The summed E-state index contributed by atoms with van der Waals surface area (Å²) in [5, 5.41) is 6.42. The van der Waals surface area contributed by atoms with Gasteiger partial charge in [0, 0.05) is 5.92 Å². The van der Waals surface area contributed by atoms with Crippen LogP contribution < -0.4 is 20.1 Å². The molecule has 1 saturated heterocycles. The fourth-order valence-corrected chi connectivity index (χ4v) is 2.98. The Kier molecular flexibility index (Phi) is 9.81. The molecule has 1 heterocycles. The molecule has 1 fully saturated rings. The zero-order chi connectivity index (χ0) is 18.2. The molecule has 0 spiro atoms. The maximum atomic E-state index is 12.4. The lowest BCUT2D eigenvalue weighted by Gasteiger charge is -2.24. The van der Waals surface area contributed by atoms with E-state index in [1.165, 1.54) is 0 Å². The van der Waals surface area contributed by atoms with Gasteiger partial charge in [-0.3, -0.25) is 4.79 Å². The molecule has 6 heteroatoms. The Morgan fingerprint density at radius 3 is 2.54 bits per heavy atom. The number of hydrogen-bond donors (Lipinski definition) is 2. The zero-order valence-electron chi connectivity index (χ0n) is 16.3. The first kappa shape index (κ1) is 22.6. The van der Waals surface area contributed by atoms with Crippen molar-refractivity contribution in [2.75, 3.05) is 26.8 Å². The van der Waals surface area contributed by atoms with E-state index in [0.29, 0.717) is 18.3 Å². The number of halogens is 1. The highest BCUT2D eigenvalue weighted by molar-refractivity contribution is 5.85. The Balaban J connectivity index is 0.00000338. The van der Waals surface area contributed by atoms with Gasteiger partial charge in [0.25, 0.3) is 0 Å². The van der Waals surface area contributed by atoms with E-state index in [-0.39, 0.29) is 30.3 Å². The van der Waals surface area contributed by atoms with E-state index in [2.05, 4.69) is 24.5 Å². The van der Waals surface area contributed by atoms with Crippen LogP contribution in [0.5, 0.6) is 11.5 Å². The van der Waals surface area contributed by atoms with Crippen LogP contribution in [-0.2, 0) is 4.79 Å². The SMILES string of the molecule is COc1cc(C(C)NC(=O)C2CCNCC2)ccc1OCCC(C)C.Cl. The van der Waals surface area contributed by atoms with Gasteiger partial charge in [-0.25, -0.2) is 0 Å². The van der Waals surface area contributed by atoms with Crippen LogP contribution in [0.2, 0.25) is 0 Å². The Morgan fingerprint density at radius 1 is 1.23 bits per heavy atom. The predicted molar refractivity (Wildman–Crippen MR) is 107 cm³/mol. The summed E-state index contributed by atoms with van der Waals surface area (Å²) in [4.78, 5) is 12.4. The van der Waals surface area contributed by atoms with Crippen molar-refractivity contribution < 1.29 is 14.3 Å². The van der Waals surface area contributed by atoms with Gasteiger partial charge >= 0.3 is 0 Å². The van der Waals surface area contributed by atoms with Crippen LogP contribution in [-0.4, -0.2) is 32.7 Å². The minimum atomic E-state index is -0.0546. The number of benzene rings is 1. The smallest absolute Gasteiger partial charge is 0.223 e. The van der Waals surface area contributed by atoms with E-state index in [9.17, 15) is 4.79 Å². The summed E-state index contributed by atoms with van der Waals surface area (Å²) in [5.74, 6) is 2.33. The number of hydrogen-bond acceptors (Lipinski definition) is 4. The van der Waals surface area contributed by atoms with Gasteiger partial charge in [0.05, 0.1) is 19.8 Å². The quantitative estimate of drug-likeness (QED) is 0.717. The van der Waals surface area contributed by atoms with Crippen molar-refractivity contribution in [3.8, 4) is 11.5 Å². The van der Waals surface area contributed by atoms with E-state index in [0.717, 1.165) is 43.7 Å². The molecule has 148 valence electrons. The van der Waals surface area contributed by atoms with Gasteiger partial charge in [-0.1, -0.05) is 19.9 Å². The summed E-state index contributed by atoms with van der Waals surface area (Å²) in [7, 11) is 1.65. The minimum absolute atomic E-state index is 0. The fraction of sp³-hybridized carbons (Fsp3) is 0.650. The van der Waals surface area contributed by atoms with Crippen LogP contribution in [0, 0.1) is 11.8 Å². The number of carbonyl (C=O) groups excluding carboxylic acids is 1. The van der Waals surface area contributed by atoms with Crippen molar-refractivity contribution in [2.45, 2.75) is 46.1 Å². The average Bonchev–Trinajstić information content (AvgIpc) is 2.62. The van der Waals surface area contributed by atoms with Crippen molar-refractivity contribution in [3.05, 3.63) is 23.8 Å². The summed E-state index contributed by atoms with van der Waals surface area (Å²) in [6.07, 6.45) is 2.82. The molecule has 1 aromatic carbocycles. The van der Waals surface area contributed by atoms with Gasteiger partial charge in [-0.05, 0) is 62.9 Å². The molecule has 0 aromatic heterocycles. The normalized spacial score (nSPS) is 15.9. The van der Waals surface area contributed by atoms with Gasteiger partial charge in [0.1, 0.15) is 0 Å². The highest BCUT2D eigenvalue weighted by atomic mass is 35.5. The number of piperidine rings is 1. The zero-order valence-corrected chi connectivity index (χ0v) is 17.2. The lowest BCUT2D eigenvalue weighted by molar-refractivity contribution is -0.126. The van der Waals surface area contributed by atoms with E-state index in [1.807, 2.05) is 25.1 Å². The number of amides is 1. The van der Waals surface area contributed by atoms with E-state index in [4.69, 9.17) is 9.47 Å². The van der Waals surface area contributed by atoms with E-state index in [1.54, 1.807) is 7.11 Å². The summed E-state index contributed by atoms with van der Waals surface area (Å²) in [6, 6.07) is 5.83. The van der Waals surface area contributed by atoms with E-state index >= 15 is 0 Å². The third-order valence-corrected chi connectivity index (χ3v) is 4.71. The molecule has 1 atom stereocenters. The standard InChI is InChI=1S/C20H32N2O3.ClH/c1-14(2)9-12-25-18-6-5-17(13-19(18)24-4)15(3)22-20(23)16-7-10-21-11-8-16;/h5-6,13-16,21H,7-12H2,1-4H3,(H,22,23);1H. The molecule has 0 saturated carbocycles. The molecule has 5 nitrogen and oxygen atoms in total. The monoisotopic (exact) mass is 384 g/mol. The number of carbonyl (C=O) groups is 1. The molecule has 2 N–H and O–H groups in total. The highest BCUT2D eigenvalue weighted by Crippen LogP contribution is 2.30. The maximum absolute atomic E-state index is 12.4. The lowest BCUT2D eigenvalue weighted by atomic mass is 9.96. The summed E-state index contributed by atoms with van der Waals surface area (Å²) in [6.45, 7) is 8.88. The highest BCUT2D eigenvalue weighted by Gasteiger charge is 2.22. The molecule has 0 radical (unpaired) electrons. The maximum Gasteiger partial charge on any atom is 0.223 e. The van der Waals surface area contributed by atoms with Gasteiger partial charge < -0.3 is 20.1 Å². The molecule has 0 bridgehead atoms. The molecule has 1 unspecified atom stereocenters. The van der Waals surface area contributed by atoms with Gasteiger partial charge in [0.15, 0.2) is 11.5 Å². The molecular weight excluding hydrogens is 352 g/mol. The Labute approximate surface area is 163 Å². The number of rotatable bonds is 8. The van der Waals surface area contributed by atoms with Gasteiger partial charge in [-0.2, -0.15) is 0 Å².